The zero-order chi connectivity index (χ0) is 37.9. The molecule has 3 saturated carbocycles. The second-order valence-electron chi connectivity index (χ2n) is 19.2. The van der Waals surface area contributed by atoms with Gasteiger partial charge < -0.3 is 24.8 Å². The van der Waals surface area contributed by atoms with Gasteiger partial charge in [0.05, 0.1) is 0 Å². The van der Waals surface area contributed by atoms with Gasteiger partial charge >= 0.3 is 344 Å². The van der Waals surface area contributed by atoms with Crippen LogP contribution in [0.15, 0.2) is 161 Å². The van der Waals surface area contributed by atoms with E-state index in [2.05, 4.69) is 183 Å². The molecule has 3 fully saturated rings. The first-order valence-corrected chi connectivity index (χ1v) is 22.3. The molecule has 0 aromatic heterocycles. The molecule has 0 radical (unpaired) electrons. The van der Waals surface area contributed by atoms with Gasteiger partial charge in [0, 0.05) is 0 Å². The average Bonchev–Trinajstić information content (AvgIpc) is 3.72. The summed E-state index contributed by atoms with van der Waals surface area (Å²) < 4.78 is 0.425. The number of allylic oxidation sites excluding steroid dienone is 17. The molecular weight excluding hydrogens is 799 g/mol. The normalized spacial score (nSPS) is 39.4. The Hall–Kier alpha value is -2.44. The molecule has 2 aromatic carbocycles. The smallest absolute Gasteiger partial charge is 1.00 e. The van der Waals surface area contributed by atoms with Crippen LogP contribution in [0.4, 0.5) is 0 Å². The quantitative estimate of drug-likeness (QED) is 0.291. The average molecular weight is 858 g/mol. The molecule has 9 rings (SSSR count). The maximum absolute atomic E-state index is 2.78. The van der Waals surface area contributed by atoms with Crippen molar-refractivity contribution in [2.24, 2.45) is 43.8 Å². The van der Waals surface area contributed by atoms with E-state index in [9.17, 15) is 0 Å². The molecule has 0 saturated heterocycles. The van der Waals surface area contributed by atoms with Crippen LogP contribution in [0, 0.1) is 43.8 Å². The summed E-state index contributed by atoms with van der Waals surface area (Å²) in [5.41, 5.74) is 12.5. The number of rotatable bonds is 4. The Morgan fingerprint density at radius 2 is 1.12 bits per heavy atom. The zero-order valence-corrected chi connectivity index (χ0v) is 38.7. The maximum atomic E-state index is 2.78. The van der Waals surface area contributed by atoms with Crippen LogP contribution in [-0.2, 0) is 24.7 Å². The van der Waals surface area contributed by atoms with Crippen molar-refractivity contribution in [2.45, 2.75) is 97.5 Å². The van der Waals surface area contributed by atoms with Crippen LogP contribution in [0.1, 0.15) is 105 Å². The predicted molar refractivity (Wildman–Crippen MR) is 224 cm³/mol. The topological polar surface area (TPSA) is 0 Å². The van der Waals surface area contributed by atoms with Crippen molar-refractivity contribution in [3.8, 4) is 0 Å². The molecule has 0 heterocycles. The minimum Gasteiger partial charge on any atom is -1.00 e. The van der Waals surface area contributed by atoms with Gasteiger partial charge in [-0.25, -0.2) is 0 Å². The fourth-order valence-corrected chi connectivity index (χ4v) is 16.7. The van der Waals surface area contributed by atoms with E-state index < -0.39 is 0 Å². The third-order valence-electron chi connectivity index (χ3n) is 18.2. The van der Waals surface area contributed by atoms with Crippen LogP contribution in [0.3, 0.4) is 0 Å². The second kappa shape index (κ2) is 14.1. The Bertz CT molecular complexity index is 2160. The summed E-state index contributed by atoms with van der Waals surface area (Å²) in [6.07, 6.45) is 35.9. The first kappa shape index (κ1) is 41.7. The molecule has 8 unspecified atom stereocenters. The molecule has 8 atom stereocenters. The van der Waals surface area contributed by atoms with E-state index in [1.165, 1.54) is 65.5 Å². The van der Waals surface area contributed by atoms with Crippen molar-refractivity contribution in [1.29, 1.82) is 0 Å². The van der Waals surface area contributed by atoms with Crippen LogP contribution in [0.5, 0.6) is 0 Å². The number of hydrogen-bond donors (Lipinski definition) is 0. The Morgan fingerprint density at radius 1 is 0.625 bits per heavy atom. The number of hydrogen-bond acceptors (Lipinski definition) is 0. The molecule has 289 valence electrons. The summed E-state index contributed by atoms with van der Waals surface area (Å²) in [7, 11) is 0. The van der Waals surface area contributed by atoms with Crippen LogP contribution in [-0.4, -0.2) is 0 Å². The predicted octanol–water partition coefficient (Wildman–Crippen LogP) is 8.25. The molecule has 0 amide bonds. The van der Waals surface area contributed by atoms with Gasteiger partial charge in [0.15, 0.2) is 0 Å². The molecule has 0 aliphatic heterocycles. The molecule has 2 aromatic rings. The fraction of sp³-hybridized carbons (Fsp3) is 0.434. The van der Waals surface area contributed by atoms with Crippen LogP contribution in [0.2, 0.25) is 3.63 Å². The molecular formula is C53H59Cl2Zr. The van der Waals surface area contributed by atoms with E-state index in [0.29, 0.717) is 9.54 Å². The van der Waals surface area contributed by atoms with Crippen molar-refractivity contribution in [3.63, 3.8) is 0 Å². The summed E-state index contributed by atoms with van der Waals surface area (Å²) in [4.78, 5) is 0. The number of benzene rings is 2. The largest absolute Gasteiger partial charge is 1.00 e. The standard InChI is InChI=1S/C53H59.2ClH.Zr/c1-37-45(42-29-28-41(34-42)38-22-12-9-13-23-38)44(46(39-24-14-10-15-25-39)40-26-16-11-17-27-40)35-43-36-51(6)49(4)32-19-18-30-47(49,2)48(3)31-20-21-33-50(48,5)53(51,8)52(37,43)7;;;/h10-11,14-21,24-28,30-36,38H,9,12-13,22-23,29H2,1-8H3;2*1H;/q;;;+2/p-2. The molecule has 7 aliphatic carbocycles. The van der Waals surface area contributed by atoms with Crippen LogP contribution < -0.4 is 24.8 Å². The van der Waals surface area contributed by atoms with Gasteiger partial charge in [-0.3, -0.25) is 0 Å². The van der Waals surface area contributed by atoms with Gasteiger partial charge in [0.1, 0.15) is 0 Å². The first-order valence-electron chi connectivity index (χ1n) is 20.9. The van der Waals surface area contributed by atoms with Crippen molar-refractivity contribution in [1.82, 2.24) is 0 Å². The van der Waals surface area contributed by atoms with Gasteiger partial charge in [0.2, 0.25) is 0 Å². The van der Waals surface area contributed by atoms with Gasteiger partial charge in [0.25, 0.3) is 0 Å². The summed E-state index contributed by atoms with van der Waals surface area (Å²) >= 11 is 1.62. The molecule has 3 heteroatoms. The molecule has 0 spiro atoms. The Balaban J connectivity index is 0.00000240. The van der Waals surface area contributed by atoms with Crippen molar-refractivity contribution < 1.29 is 49.5 Å². The van der Waals surface area contributed by atoms with Crippen LogP contribution >= 0.6 is 0 Å². The monoisotopic (exact) mass is 855 g/mol. The molecule has 0 bridgehead atoms. The molecule has 7 aliphatic rings. The third-order valence-corrected chi connectivity index (χ3v) is 20.4. The second-order valence-corrected chi connectivity index (χ2v) is 20.6. The Labute approximate surface area is 365 Å². The van der Waals surface area contributed by atoms with Gasteiger partial charge in [-0.1, -0.05) is 0 Å². The van der Waals surface area contributed by atoms with E-state index in [1.54, 1.807) is 41.4 Å². The van der Waals surface area contributed by atoms with Gasteiger partial charge in [-0.2, -0.15) is 0 Å². The molecule has 56 heavy (non-hydrogen) atoms. The van der Waals surface area contributed by atoms with Gasteiger partial charge in [-0.15, -0.1) is 0 Å². The minimum absolute atomic E-state index is 0. The van der Waals surface area contributed by atoms with E-state index in [1.807, 2.05) is 0 Å². The van der Waals surface area contributed by atoms with Crippen molar-refractivity contribution in [3.05, 3.63) is 172 Å². The van der Waals surface area contributed by atoms with E-state index >= 15 is 0 Å². The fourth-order valence-electron chi connectivity index (χ4n) is 14.3. The third kappa shape index (κ3) is 4.81. The number of halogens is 2. The zero-order valence-electron chi connectivity index (χ0n) is 34.8. The summed E-state index contributed by atoms with van der Waals surface area (Å²) in [6, 6.07) is 22.6. The first-order chi connectivity index (χ1) is 25.8. The Morgan fingerprint density at radius 3 is 1.68 bits per heavy atom. The molecule has 0 nitrogen and oxygen atoms in total. The summed E-state index contributed by atoms with van der Waals surface area (Å²) in [5, 5.41) is 0. The van der Waals surface area contributed by atoms with Crippen LogP contribution in [0.25, 0.3) is 5.57 Å². The Kier molecular flexibility index (Phi) is 10.5. The van der Waals surface area contributed by atoms with E-state index in [4.69, 9.17) is 0 Å². The van der Waals surface area contributed by atoms with Gasteiger partial charge in [-0.05, 0) is 0 Å². The maximum Gasteiger partial charge on any atom is -1.00 e. The number of fused-ring (bicyclic) bond motifs is 8. The molecule has 0 N–H and O–H groups in total. The van der Waals surface area contributed by atoms with E-state index in [0.717, 1.165) is 6.42 Å². The summed E-state index contributed by atoms with van der Waals surface area (Å²) in [6.45, 7) is 21.3. The SMILES string of the molecule is CC1=C(C2=CC(C3CCCCC3)=CC2)C(=C(c2ccccc2)c2ccccc2)C=C2[CH]([Zr+2])C3(C)C4(C)C=CC=CC4(C)C4(C)C=CC=CC4(C)C3(C)C21C.[Cl-].[Cl-]. The van der Waals surface area contributed by atoms with E-state index in [-0.39, 0.29) is 62.7 Å². The minimum atomic E-state index is -0.174. The van der Waals surface area contributed by atoms with Crippen molar-refractivity contribution in [2.75, 3.05) is 0 Å². The van der Waals surface area contributed by atoms with Crippen molar-refractivity contribution >= 4 is 5.57 Å². The summed E-state index contributed by atoms with van der Waals surface area (Å²) in [5.74, 6) is 0.703.